The van der Waals surface area contributed by atoms with Crippen molar-refractivity contribution in [3.8, 4) is 0 Å². The second-order valence-electron chi connectivity index (χ2n) is 5.11. The lowest BCUT2D eigenvalue weighted by molar-refractivity contribution is -0.147. The van der Waals surface area contributed by atoms with Crippen molar-refractivity contribution in [2.45, 2.75) is 31.0 Å². The van der Waals surface area contributed by atoms with Gasteiger partial charge in [-0.15, -0.1) is 0 Å². The summed E-state index contributed by atoms with van der Waals surface area (Å²) in [5.74, 6) is -1.91. The molecular weight excluding hydrogens is 293 g/mol. The van der Waals surface area contributed by atoms with Crippen LogP contribution in [0.1, 0.15) is 24.4 Å². The smallest absolute Gasteiger partial charge is 0.332 e. The van der Waals surface area contributed by atoms with E-state index >= 15 is 0 Å². The van der Waals surface area contributed by atoms with Crippen LogP contribution in [0.4, 0.5) is 4.39 Å². The van der Waals surface area contributed by atoms with Gasteiger partial charge in [0.05, 0.1) is 0 Å². The molecular formula is C14H18FN3O4. The van der Waals surface area contributed by atoms with Crippen molar-refractivity contribution < 1.29 is 24.2 Å². The number of carbonyl (C=O) groups excluding carboxylic acids is 1. The first-order valence-corrected chi connectivity index (χ1v) is 6.92. The molecule has 7 nitrogen and oxygen atoms in total. The molecule has 1 aliphatic rings. The van der Waals surface area contributed by atoms with E-state index in [1.807, 2.05) is 0 Å². The van der Waals surface area contributed by atoms with Gasteiger partial charge in [0.1, 0.15) is 11.9 Å². The van der Waals surface area contributed by atoms with Crippen LogP contribution in [0, 0.1) is 5.82 Å². The van der Waals surface area contributed by atoms with Crippen molar-refractivity contribution in [2.75, 3.05) is 6.54 Å². The number of carboxylic acids is 1. The molecule has 1 aromatic carbocycles. The molecule has 1 heterocycles. The molecule has 3 atom stereocenters. The maximum atomic E-state index is 12.9. The molecule has 120 valence electrons. The van der Waals surface area contributed by atoms with Gasteiger partial charge in [0.15, 0.2) is 6.10 Å². The highest BCUT2D eigenvalue weighted by Gasteiger charge is 2.30. The van der Waals surface area contributed by atoms with Crippen LogP contribution in [0.15, 0.2) is 24.3 Å². The lowest BCUT2D eigenvalue weighted by Gasteiger charge is -2.11. The van der Waals surface area contributed by atoms with Crippen LogP contribution in [0.2, 0.25) is 0 Å². The molecule has 0 saturated carbocycles. The quantitative estimate of drug-likeness (QED) is 0.493. The Balaban J connectivity index is 1.78. The number of benzene rings is 1. The lowest BCUT2D eigenvalue weighted by atomic mass is 10.0. The maximum Gasteiger partial charge on any atom is 0.332 e. The molecule has 0 bridgehead atoms. The predicted molar refractivity (Wildman–Crippen MR) is 75.1 cm³/mol. The number of halogens is 1. The highest BCUT2D eigenvalue weighted by molar-refractivity contribution is 5.82. The maximum absolute atomic E-state index is 12.9. The predicted octanol–water partition coefficient (Wildman–Crippen LogP) is -0.315. The van der Waals surface area contributed by atoms with E-state index in [0.29, 0.717) is 6.42 Å². The molecule has 1 saturated heterocycles. The monoisotopic (exact) mass is 311 g/mol. The first-order valence-electron chi connectivity index (χ1n) is 6.92. The van der Waals surface area contributed by atoms with Gasteiger partial charge in [-0.25, -0.2) is 20.0 Å². The zero-order chi connectivity index (χ0) is 16.1. The number of hydrazine groups is 1. The van der Waals surface area contributed by atoms with Gasteiger partial charge in [0.25, 0.3) is 0 Å². The molecule has 0 spiro atoms. The summed E-state index contributed by atoms with van der Waals surface area (Å²) in [7, 11) is 0. The van der Waals surface area contributed by atoms with Gasteiger partial charge >= 0.3 is 5.97 Å². The fraction of sp³-hybridized carbons (Fsp3) is 0.429. The third kappa shape index (κ3) is 4.23. The van der Waals surface area contributed by atoms with Gasteiger partial charge in [-0.05, 0) is 24.1 Å². The molecule has 1 amide bonds. The molecule has 22 heavy (non-hydrogen) atoms. The number of nitrogens with one attached hydrogen (secondary N) is 3. The van der Waals surface area contributed by atoms with E-state index in [1.165, 1.54) is 12.1 Å². The summed E-state index contributed by atoms with van der Waals surface area (Å²) < 4.78 is 12.9. The first kappa shape index (κ1) is 16.3. The molecule has 5 N–H and O–H groups in total. The highest BCUT2D eigenvalue weighted by atomic mass is 19.1. The van der Waals surface area contributed by atoms with Crippen LogP contribution >= 0.6 is 0 Å². The Morgan fingerprint density at radius 3 is 2.64 bits per heavy atom. The molecule has 8 heteroatoms. The van der Waals surface area contributed by atoms with Gasteiger partial charge in [0.2, 0.25) is 5.91 Å². The number of rotatable bonds is 6. The Hall–Kier alpha value is -2.03. The van der Waals surface area contributed by atoms with Crippen LogP contribution in [0.25, 0.3) is 0 Å². The number of aliphatic hydroxyl groups excluding tert-OH is 1. The topological polar surface area (TPSA) is 111 Å². The van der Waals surface area contributed by atoms with E-state index in [9.17, 15) is 14.0 Å². The molecule has 0 aliphatic carbocycles. The fourth-order valence-corrected chi connectivity index (χ4v) is 2.22. The SMILES string of the molecule is O=C(NCC[C@H](O)C(=O)O)C1CC(c2ccc(F)cc2)NN1. The number of carbonyl (C=O) groups is 2. The van der Waals surface area contributed by atoms with E-state index in [2.05, 4.69) is 16.2 Å². The number of amides is 1. The van der Waals surface area contributed by atoms with Crippen molar-refractivity contribution in [1.29, 1.82) is 0 Å². The van der Waals surface area contributed by atoms with Crippen LogP contribution in [-0.4, -0.2) is 40.8 Å². The van der Waals surface area contributed by atoms with E-state index in [4.69, 9.17) is 10.2 Å². The fourth-order valence-electron chi connectivity index (χ4n) is 2.22. The van der Waals surface area contributed by atoms with Gasteiger partial charge in [-0.1, -0.05) is 12.1 Å². The number of aliphatic hydroxyl groups is 1. The van der Waals surface area contributed by atoms with Crippen LogP contribution < -0.4 is 16.2 Å². The molecule has 1 aromatic rings. The Morgan fingerprint density at radius 1 is 1.32 bits per heavy atom. The van der Waals surface area contributed by atoms with Crippen molar-refractivity contribution in [1.82, 2.24) is 16.2 Å². The van der Waals surface area contributed by atoms with Gasteiger partial charge in [-0.3, -0.25) is 4.79 Å². The van der Waals surface area contributed by atoms with Gasteiger partial charge < -0.3 is 15.5 Å². The Bertz CT molecular complexity index is 537. The summed E-state index contributed by atoms with van der Waals surface area (Å²) in [6, 6.07) is 5.43. The van der Waals surface area contributed by atoms with Crippen molar-refractivity contribution in [2.24, 2.45) is 0 Å². The summed E-state index contributed by atoms with van der Waals surface area (Å²) in [6.45, 7) is 0.0751. The average Bonchev–Trinajstić information content (AvgIpc) is 2.97. The highest BCUT2D eigenvalue weighted by Crippen LogP contribution is 2.22. The summed E-state index contributed by atoms with van der Waals surface area (Å²) in [4.78, 5) is 22.4. The minimum atomic E-state index is -1.48. The second-order valence-corrected chi connectivity index (χ2v) is 5.11. The molecule has 0 radical (unpaired) electrons. The summed E-state index contributed by atoms with van der Waals surface area (Å²) in [5, 5.41) is 20.2. The van der Waals surface area contributed by atoms with Crippen molar-refractivity contribution in [3.63, 3.8) is 0 Å². The van der Waals surface area contributed by atoms with E-state index in [1.54, 1.807) is 12.1 Å². The Morgan fingerprint density at radius 2 is 2.00 bits per heavy atom. The van der Waals surface area contributed by atoms with Crippen LogP contribution in [-0.2, 0) is 9.59 Å². The molecule has 2 unspecified atom stereocenters. The van der Waals surface area contributed by atoms with Crippen molar-refractivity contribution >= 4 is 11.9 Å². The van der Waals surface area contributed by atoms with E-state index < -0.39 is 18.1 Å². The zero-order valence-corrected chi connectivity index (χ0v) is 11.8. The molecule has 0 aromatic heterocycles. The number of aliphatic carboxylic acids is 1. The normalized spacial score (nSPS) is 22.3. The summed E-state index contributed by atoms with van der Waals surface area (Å²) >= 11 is 0. The average molecular weight is 311 g/mol. The van der Waals surface area contributed by atoms with Gasteiger partial charge in [-0.2, -0.15) is 0 Å². The zero-order valence-electron chi connectivity index (χ0n) is 11.8. The number of hydrogen-bond donors (Lipinski definition) is 5. The largest absolute Gasteiger partial charge is 0.479 e. The number of hydrogen-bond acceptors (Lipinski definition) is 5. The van der Waals surface area contributed by atoms with Crippen LogP contribution in [0.3, 0.4) is 0 Å². The van der Waals surface area contributed by atoms with Crippen molar-refractivity contribution in [3.05, 3.63) is 35.6 Å². The minimum Gasteiger partial charge on any atom is -0.479 e. The standard InChI is InChI=1S/C14H18FN3O4/c15-9-3-1-8(2-4-9)10-7-11(18-17-10)13(20)16-6-5-12(19)14(21)22/h1-4,10-12,17-19H,5-7H2,(H,16,20)(H,21,22)/t10?,11?,12-/m0/s1. The van der Waals surface area contributed by atoms with E-state index in [-0.39, 0.29) is 30.7 Å². The Kier molecular flexibility index (Phi) is 5.42. The second kappa shape index (κ2) is 7.30. The third-order valence-electron chi connectivity index (χ3n) is 3.49. The van der Waals surface area contributed by atoms with Gasteiger partial charge in [0, 0.05) is 19.0 Å². The Labute approximate surface area is 126 Å². The van der Waals surface area contributed by atoms with Crippen LogP contribution in [0.5, 0.6) is 0 Å². The molecule has 2 rings (SSSR count). The number of carboxylic acid groups (broad SMARTS) is 1. The lowest BCUT2D eigenvalue weighted by Crippen LogP contribution is -2.44. The first-order chi connectivity index (χ1) is 10.5. The molecule has 1 aliphatic heterocycles. The molecule has 1 fully saturated rings. The minimum absolute atomic E-state index is 0.0530. The summed E-state index contributed by atoms with van der Waals surface area (Å²) in [5.41, 5.74) is 6.68. The van der Waals surface area contributed by atoms with E-state index in [0.717, 1.165) is 5.56 Å². The summed E-state index contributed by atoms with van der Waals surface area (Å²) in [6.07, 6.45) is -1.05. The third-order valence-corrected chi connectivity index (χ3v) is 3.49.